The van der Waals surface area contributed by atoms with Crippen molar-refractivity contribution in [2.75, 3.05) is 37.4 Å². The van der Waals surface area contributed by atoms with E-state index in [0.29, 0.717) is 6.54 Å². The molecule has 1 atom stereocenters. The van der Waals surface area contributed by atoms with Gasteiger partial charge in [0.1, 0.15) is 5.75 Å². The number of ether oxygens (including phenoxy) is 1. The molecular formula is C21H25N3O3. The molecule has 2 aromatic carbocycles. The van der Waals surface area contributed by atoms with Gasteiger partial charge in [0.15, 0.2) is 0 Å². The van der Waals surface area contributed by atoms with Crippen molar-refractivity contribution in [1.82, 2.24) is 4.90 Å². The molecule has 0 aliphatic carbocycles. The van der Waals surface area contributed by atoms with E-state index in [9.17, 15) is 9.59 Å². The van der Waals surface area contributed by atoms with Crippen molar-refractivity contribution in [3.63, 3.8) is 0 Å². The molecule has 2 amide bonds. The minimum Gasteiger partial charge on any atom is -0.497 e. The molecule has 1 heterocycles. The van der Waals surface area contributed by atoms with Gasteiger partial charge in [0, 0.05) is 17.9 Å². The lowest BCUT2D eigenvalue weighted by Crippen LogP contribution is -2.43. The summed E-state index contributed by atoms with van der Waals surface area (Å²) in [7, 11) is 1.61. The summed E-state index contributed by atoms with van der Waals surface area (Å²) in [5.41, 5.74) is 1.54. The van der Waals surface area contributed by atoms with Crippen LogP contribution in [0.15, 0.2) is 54.6 Å². The van der Waals surface area contributed by atoms with Gasteiger partial charge in [0.2, 0.25) is 11.8 Å². The van der Waals surface area contributed by atoms with Gasteiger partial charge in [-0.05, 0) is 55.8 Å². The predicted molar refractivity (Wildman–Crippen MR) is 106 cm³/mol. The van der Waals surface area contributed by atoms with E-state index in [-0.39, 0.29) is 24.3 Å². The number of nitrogens with one attached hydrogen (secondary N) is 2. The molecule has 1 aliphatic heterocycles. The van der Waals surface area contributed by atoms with E-state index in [2.05, 4.69) is 10.6 Å². The second-order valence-corrected chi connectivity index (χ2v) is 6.71. The maximum atomic E-state index is 12.5. The topological polar surface area (TPSA) is 70.7 Å². The second kappa shape index (κ2) is 9.19. The number of hydrogen-bond donors (Lipinski definition) is 2. The van der Waals surface area contributed by atoms with Crippen LogP contribution >= 0.6 is 0 Å². The second-order valence-electron chi connectivity index (χ2n) is 6.71. The van der Waals surface area contributed by atoms with Gasteiger partial charge in [-0.3, -0.25) is 14.5 Å². The van der Waals surface area contributed by atoms with E-state index in [1.807, 2.05) is 47.4 Å². The monoisotopic (exact) mass is 367 g/mol. The average molecular weight is 367 g/mol. The fourth-order valence-corrected chi connectivity index (χ4v) is 3.26. The van der Waals surface area contributed by atoms with Crippen LogP contribution in [0, 0.1) is 5.92 Å². The van der Waals surface area contributed by atoms with Crippen LogP contribution in [0.1, 0.15) is 12.8 Å². The van der Waals surface area contributed by atoms with Crippen molar-refractivity contribution in [2.24, 2.45) is 5.92 Å². The molecule has 27 heavy (non-hydrogen) atoms. The molecule has 2 aromatic rings. The van der Waals surface area contributed by atoms with Crippen LogP contribution in [0.4, 0.5) is 11.4 Å². The smallest absolute Gasteiger partial charge is 0.238 e. The molecule has 3 rings (SSSR count). The molecule has 0 unspecified atom stereocenters. The van der Waals surface area contributed by atoms with E-state index in [4.69, 9.17) is 4.74 Å². The minimum absolute atomic E-state index is 0.0152. The Balaban J connectivity index is 1.49. The number of methoxy groups -OCH3 is 1. The van der Waals surface area contributed by atoms with Gasteiger partial charge in [0.05, 0.1) is 19.6 Å². The van der Waals surface area contributed by atoms with E-state index in [1.165, 1.54) is 0 Å². The first-order valence-electron chi connectivity index (χ1n) is 9.16. The van der Waals surface area contributed by atoms with Crippen LogP contribution in [0.3, 0.4) is 0 Å². The summed E-state index contributed by atoms with van der Waals surface area (Å²) in [6.07, 6.45) is 1.75. The number of carbonyl (C=O) groups is 2. The number of carbonyl (C=O) groups excluding carboxylic acids is 2. The van der Waals surface area contributed by atoms with Gasteiger partial charge in [-0.25, -0.2) is 0 Å². The number of amides is 2. The Bertz CT molecular complexity index is 762. The molecule has 1 saturated heterocycles. The molecular weight excluding hydrogens is 342 g/mol. The fraction of sp³-hybridized carbons (Fsp3) is 0.333. The Labute approximate surface area is 159 Å². The summed E-state index contributed by atoms with van der Waals surface area (Å²) in [6.45, 7) is 1.70. The Morgan fingerprint density at radius 1 is 1.04 bits per heavy atom. The van der Waals surface area contributed by atoms with Crippen LogP contribution in [-0.2, 0) is 9.59 Å². The van der Waals surface area contributed by atoms with E-state index < -0.39 is 0 Å². The summed E-state index contributed by atoms with van der Waals surface area (Å²) in [6, 6.07) is 16.7. The Morgan fingerprint density at radius 2 is 1.74 bits per heavy atom. The summed E-state index contributed by atoms with van der Waals surface area (Å²) in [5, 5.41) is 5.85. The van der Waals surface area contributed by atoms with Crippen molar-refractivity contribution in [2.45, 2.75) is 12.8 Å². The van der Waals surface area contributed by atoms with Gasteiger partial charge in [-0.2, -0.15) is 0 Å². The summed E-state index contributed by atoms with van der Waals surface area (Å²) < 4.78 is 5.11. The lowest BCUT2D eigenvalue weighted by Gasteiger charge is -2.31. The highest BCUT2D eigenvalue weighted by molar-refractivity contribution is 5.93. The minimum atomic E-state index is -0.104. The first kappa shape index (κ1) is 18.9. The number of piperidine rings is 1. The number of benzene rings is 2. The largest absolute Gasteiger partial charge is 0.497 e. The van der Waals surface area contributed by atoms with Gasteiger partial charge in [-0.1, -0.05) is 18.2 Å². The van der Waals surface area contributed by atoms with Crippen LogP contribution in [0.5, 0.6) is 5.75 Å². The Hall–Kier alpha value is -2.86. The number of anilines is 2. The number of para-hydroxylation sites is 1. The van der Waals surface area contributed by atoms with Crippen molar-refractivity contribution in [1.29, 1.82) is 0 Å². The van der Waals surface area contributed by atoms with Crippen molar-refractivity contribution in [3.8, 4) is 5.75 Å². The highest BCUT2D eigenvalue weighted by atomic mass is 16.5. The SMILES string of the molecule is COc1ccc(NC(=O)CN2CCC[C@@H](C(=O)Nc3ccccc3)C2)cc1. The zero-order valence-electron chi connectivity index (χ0n) is 15.5. The summed E-state index contributed by atoms with van der Waals surface area (Å²) in [4.78, 5) is 26.9. The lowest BCUT2D eigenvalue weighted by atomic mass is 9.97. The third-order valence-corrected chi connectivity index (χ3v) is 4.66. The van der Waals surface area contributed by atoms with Crippen LogP contribution in [0.2, 0.25) is 0 Å². The van der Waals surface area contributed by atoms with E-state index in [1.54, 1.807) is 19.2 Å². The third-order valence-electron chi connectivity index (χ3n) is 4.66. The quantitative estimate of drug-likeness (QED) is 0.823. The molecule has 2 N–H and O–H groups in total. The molecule has 0 spiro atoms. The van der Waals surface area contributed by atoms with E-state index >= 15 is 0 Å². The molecule has 6 nitrogen and oxygen atoms in total. The van der Waals surface area contributed by atoms with Crippen molar-refractivity contribution >= 4 is 23.2 Å². The molecule has 1 aliphatic rings. The number of hydrogen-bond acceptors (Lipinski definition) is 4. The van der Waals surface area contributed by atoms with Gasteiger partial charge >= 0.3 is 0 Å². The molecule has 6 heteroatoms. The van der Waals surface area contributed by atoms with E-state index in [0.717, 1.165) is 36.5 Å². The maximum absolute atomic E-state index is 12.5. The first-order valence-corrected chi connectivity index (χ1v) is 9.16. The maximum Gasteiger partial charge on any atom is 0.238 e. The molecule has 0 radical (unpaired) electrons. The van der Waals surface area contributed by atoms with Crippen LogP contribution < -0.4 is 15.4 Å². The normalized spacial score (nSPS) is 17.1. The van der Waals surface area contributed by atoms with Gasteiger partial charge < -0.3 is 15.4 Å². The molecule has 0 saturated carbocycles. The molecule has 0 aromatic heterocycles. The van der Waals surface area contributed by atoms with Crippen molar-refractivity contribution < 1.29 is 14.3 Å². The lowest BCUT2D eigenvalue weighted by molar-refractivity contribution is -0.123. The van der Waals surface area contributed by atoms with Crippen LogP contribution in [-0.4, -0.2) is 43.5 Å². The van der Waals surface area contributed by atoms with Crippen molar-refractivity contribution in [3.05, 3.63) is 54.6 Å². The number of rotatable bonds is 6. The molecule has 1 fully saturated rings. The summed E-state index contributed by atoms with van der Waals surface area (Å²) in [5.74, 6) is 0.579. The van der Waals surface area contributed by atoms with Gasteiger partial charge in [-0.15, -0.1) is 0 Å². The number of nitrogens with zero attached hydrogens (tertiary/aromatic N) is 1. The number of likely N-dealkylation sites (tertiary alicyclic amines) is 1. The van der Waals surface area contributed by atoms with Crippen LogP contribution in [0.25, 0.3) is 0 Å². The average Bonchev–Trinajstić information content (AvgIpc) is 2.69. The Kier molecular flexibility index (Phi) is 6.44. The van der Waals surface area contributed by atoms with Gasteiger partial charge in [0.25, 0.3) is 0 Å². The molecule has 142 valence electrons. The third kappa shape index (κ3) is 5.56. The predicted octanol–water partition coefficient (Wildman–Crippen LogP) is 2.98. The summed E-state index contributed by atoms with van der Waals surface area (Å²) >= 11 is 0. The highest BCUT2D eigenvalue weighted by Crippen LogP contribution is 2.19. The zero-order chi connectivity index (χ0) is 19.1. The fourth-order valence-electron chi connectivity index (χ4n) is 3.26. The Morgan fingerprint density at radius 3 is 2.44 bits per heavy atom. The zero-order valence-corrected chi connectivity index (χ0v) is 15.5. The first-order chi connectivity index (χ1) is 13.1. The highest BCUT2D eigenvalue weighted by Gasteiger charge is 2.26. The standard InChI is InChI=1S/C21H25N3O3/c1-27-19-11-9-18(10-12-19)22-20(25)15-24-13-5-6-16(14-24)21(26)23-17-7-3-2-4-8-17/h2-4,7-12,16H,5-6,13-15H2,1H3,(H,22,25)(H,23,26)/t16-/m1/s1. The molecule has 0 bridgehead atoms.